The van der Waals surface area contributed by atoms with E-state index in [1.807, 2.05) is 13.8 Å². The Morgan fingerprint density at radius 1 is 1.33 bits per heavy atom. The Hall–Kier alpha value is -0.830. The van der Waals surface area contributed by atoms with Gasteiger partial charge in [-0.2, -0.15) is 0 Å². The van der Waals surface area contributed by atoms with Gasteiger partial charge in [-0.3, -0.25) is 4.79 Å². The fourth-order valence-electron chi connectivity index (χ4n) is 1.70. The molecule has 0 spiro atoms. The van der Waals surface area contributed by atoms with E-state index in [0.717, 1.165) is 6.42 Å². The lowest BCUT2D eigenvalue weighted by Gasteiger charge is -2.32. The molecule has 0 unspecified atom stereocenters. The standard InChI is InChI=1S/C12H23NO2/c1-7-10(14)13-9-15-12(5,6)8-11(2,3)4/h7H,1,8-9H2,2-6H3,(H,13,14). The molecule has 0 atom stereocenters. The van der Waals surface area contributed by atoms with Crippen molar-refractivity contribution in [3.63, 3.8) is 0 Å². The van der Waals surface area contributed by atoms with Crippen LogP contribution >= 0.6 is 0 Å². The van der Waals surface area contributed by atoms with Crippen molar-refractivity contribution in [2.75, 3.05) is 6.73 Å². The highest BCUT2D eigenvalue weighted by Crippen LogP contribution is 2.28. The normalized spacial score (nSPS) is 12.3. The van der Waals surface area contributed by atoms with Crippen LogP contribution in [0.1, 0.15) is 41.0 Å². The predicted molar refractivity (Wildman–Crippen MR) is 62.4 cm³/mol. The molecule has 0 rings (SSSR count). The van der Waals surface area contributed by atoms with Crippen LogP contribution < -0.4 is 5.32 Å². The average Bonchev–Trinajstić information content (AvgIpc) is 1.98. The molecule has 0 aromatic rings. The minimum atomic E-state index is -0.229. The monoisotopic (exact) mass is 213 g/mol. The molecule has 15 heavy (non-hydrogen) atoms. The Labute approximate surface area is 92.9 Å². The molecule has 0 bridgehead atoms. The van der Waals surface area contributed by atoms with Gasteiger partial charge in [-0.05, 0) is 31.8 Å². The summed E-state index contributed by atoms with van der Waals surface area (Å²) in [5, 5.41) is 2.59. The van der Waals surface area contributed by atoms with Crippen molar-refractivity contribution >= 4 is 5.91 Å². The molecule has 0 aliphatic rings. The first kappa shape index (κ1) is 14.2. The Kier molecular flexibility index (Phi) is 5.01. The number of hydrogen-bond acceptors (Lipinski definition) is 2. The number of amides is 1. The maximum atomic E-state index is 10.9. The first-order valence-electron chi connectivity index (χ1n) is 5.20. The topological polar surface area (TPSA) is 38.3 Å². The SMILES string of the molecule is C=CC(=O)NCOC(C)(C)CC(C)(C)C. The second-order valence-corrected chi connectivity index (χ2v) is 5.53. The molecule has 88 valence electrons. The van der Waals surface area contributed by atoms with Crippen LogP contribution in [-0.2, 0) is 9.53 Å². The van der Waals surface area contributed by atoms with Crippen molar-refractivity contribution in [1.29, 1.82) is 0 Å². The van der Waals surface area contributed by atoms with Crippen LogP contribution in [-0.4, -0.2) is 18.2 Å². The van der Waals surface area contributed by atoms with Gasteiger partial charge >= 0.3 is 0 Å². The van der Waals surface area contributed by atoms with Crippen LogP contribution in [0.5, 0.6) is 0 Å². The molecule has 0 heterocycles. The Morgan fingerprint density at radius 2 is 1.87 bits per heavy atom. The first-order chi connectivity index (χ1) is 6.66. The van der Waals surface area contributed by atoms with Gasteiger partial charge in [0.05, 0.1) is 5.60 Å². The molecule has 3 heteroatoms. The number of carbonyl (C=O) groups is 1. The van der Waals surface area contributed by atoms with Crippen molar-refractivity contribution in [2.45, 2.75) is 46.6 Å². The lowest BCUT2D eigenvalue weighted by atomic mass is 9.84. The van der Waals surface area contributed by atoms with Crippen LogP contribution in [0.25, 0.3) is 0 Å². The van der Waals surface area contributed by atoms with Crippen LogP contribution in [0.3, 0.4) is 0 Å². The number of ether oxygens (including phenoxy) is 1. The van der Waals surface area contributed by atoms with Crippen molar-refractivity contribution in [3.8, 4) is 0 Å². The third-order valence-corrected chi connectivity index (χ3v) is 1.85. The largest absolute Gasteiger partial charge is 0.355 e. The van der Waals surface area contributed by atoms with Crippen molar-refractivity contribution in [1.82, 2.24) is 5.32 Å². The second-order valence-electron chi connectivity index (χ2n) is 5.53. The quantitative estimate of drug-likeness (QED) is 0.563. The lowest BCUT2D eigenvalue weighted by Crippen LogP contribution is -2.35. The van der Waals surface area contributed by atoms with Gasteiger partial charge in [0.15, 0.2) is 0 Å². The van der Waals surface area contributed by atoms with Gasteiger partial charge in [0.2, 0.25) is 5.91 Å². The van der Waals surface area contributed by atoms with Gasteiger partial charge in [-0.1, -0.05) is 27.4 Å². The number of carbonyl (C=O) groups excluding carboxylic acids is 1. The summed E-state index contributed by atoms with van der Waals surface area (Å²) in [5.41, 5.74) is -0.0152. The Morgan fingerprint density at radius 3 is 2.27 bits per heavy atom. The Bertz CT molecular complexity index is 226. The molecule has 0 aliphatic heterocycles. The molecule has 0 saturated heterocycles. The van der Waals surface area contributed by atoms with E-state index in [2.05, 4.69) is 32.7 Å². The third-order valence-electron chi connectivity index (χ3n) is 1.85. The van der Waals surface area contributed by atoms with Gasteiger partial charge in [0.1, 0.15) is 6.73 Å². The number of rotatable bonds is 5. The summed E-state index contributed by atoms with van der Waals surface area (Å²) < 4.78 is 5.60. The highest BCUT2D eigenvalue weighted by atomic mass is 16.5. The molecule has 0 saturated carbocycles. The van der Waals surface area contributed by atoms with Gasteiger partial charge in [-0.25, -0.2) is 0 Å². The van der Waals surface area contributed by atoms with E-state index < -0.39 is 0 Å². The Balaban J connectivity index is 3.94. The zero-order valence-corrected chi connectivity index (χ0v) is 10.5. The van der Waals surface area contributed by atoms with Gasteiger partial charge < -0.3 is 10.1 Å². The molecule has 0 aromatic carbocycles. The molecule has 0 radical (unpaired) electrons. The van der Waals surface area contributed by atoms with E-state index >= 15 is 0 Å². The average molecular weight is 213 g/mol. The molecular formula is C12H23NO2. The van der Waals surface area contributed by atoms with Crippen molar-refractivity contribution in [3.05, 3.63) is 12.7 Å². The van der Waals surface area contributed by atoms with Crippen molar-refractivity contribution in [2.24, 2.45) is 5.41 Å². The smallest absolute Gasteiger partial charge is 0.245 e. The molecule has 1 N–H and O–H groups in total. The second kappa shape index (κ2) is 5.31. The first-order valence-corrected chi connectivity index (χ1v) is 5.20. The van der Waals surface area contributed by atoms with Crippen LogP contribution in [0, 0.1) is 5.41 Å². The molecule has 3 nitrogen and oxygen atoms in total. The van der Waals surface area contributed by atoms with Gasteiger partial charge in [-0.15, -0.1) is 0 Å². The molecule has 0 aromatic heterocycles. The van der Waals surface area contributed by atoms with E-state index in [-0.39, 0.29) is 23.7 Å². The van der Waals surface area contributed by atoms with Crippen LogP contribution in [0.2, 0.25) is 0 Å². The lowest BCUT2D eigenvalue weighted by molar-refractivity contribution is -0.121. The zero-order chi connectivity index (χ0) is 12.1. The van der Waals surface area contributed by atoms with E-state index in [9.17, 15) is 4.79 Å². The predicted octanol–water partition coefficient (Wildman–Crippen LogP) is 2.48. The summed E-state index contributed by atoms with van der Waals surface area (Å²) in [7, 11) is 0. The van der Waals surface area contributed by atoms with E-state index in [0.29, 0.717) is 0 Å². The highest BCUT2D eigenvalue weighted by Gasteiger charge is 2.25. The number of hydrogen-bond donors (Lipinski definition) is 1. The van der Waals surface area contributed by atoms with Gasteiger partial charge in [0, 0.05) is 0 Å². The zero-order valence-electron chi connectivity index (χ0n) is 10.5. The van der Waals surface area contributed by atoms with Crippen LogP contribution in [0.4, 0.5) is 0 Å². The van der Waals surface area contributed by atoms with Crippen molar-refractivity contribution < 1.29 is 9.53 Å². The molecule has 0 fully saturated rings. The summed E-state index contributed by atoms with van der Waals surface area (Å²) in [6.45, 7) is 14.2. The summed E-state index contributed by atoms with van der Waals surface area (Å²) in [4.78, 5) is 10.9. The van der Waals surface area contributed by atoms with E-state index in [1.165, 1.54) is 6.08 Å². The highest BCUT2D eigenvalue weighted by molar-refractivity contribution is 5.86. The summed E-state index contributed by atoms with van der Waals surface area (Å²) in [6, 6.07) is 0. The summed E-state index contributed by atoms with van der Waals surface area (Å²) in [6.07, 6.45) is 2.17. The third kappa shape index (κ3) is 8.18. The minimum Gasteiger partial charge on any atom is -0.355 e. The fourth-order valence-corrected chi connectivity index (χ4v) is 1.70. The van der Waals surface area contributed by atoms with Crippen LogP contribution in [0.15, 0.2) is 12.7 Å². The molecule has 1 amide bonds. The molecular weight excluding hydrogens is 190 g/mol. The molecule has 0 aliphatic carbocycles. The summed E-state index contributed by atoms with van der Waals surface area (Å²) >= 11 is 0. The van der Waals surface area contributed by atoms with Gasteiger partial charge in [0.25, 0.3) is 0 Å². The fraction of sp³-hybridized carbons (Fsp3) is 0.750. The maximum absolute atomic E-state index is 10.9. The van der Waals surface area contributed by atoms with E-state index in [4.69, 9.17) is 4.74 Å². The minimum absolute atomic E-state index is 0.207. The summed E-state index contributed by atoms with van der Waals surface area (Å²) in [5.74, 6) is -0.207. The van der Waals surface area contributed by atoms with E-state index in [1.54, 1.807) is 0 Å². The number of nitrogens with one attached hydrogen (secondary N) is 1. The maximum Gasteiger partial charge on any atom is 0.245 e.